The van der Waals surface area contributed by atoms with Crippen molar-refractivity contribution in [2.45, 2.75) is 26.4 Å². The molecule has 1 aliphatic heterocycles. The number of carbonyl (C=O) groups is 2. The molecule has 7 heteroatoms. The van der Waals surface area contributed by atoms with E-state index in [-0.39, 0.29) is 12.6 Å². The maximum absolute atomic E-state index is 10.9. The molecule has 1 aliphatic rings. The molecule has 1 atom stereocenters. The summed E-state index contributed by atoms with van der Waals surface area (Å²) in [6.45, 7) is 3.47. The van der Waals surface area contributed by atoms with E-state index in [1.54, 1.807) is 13.8 Å². The van der Waals surface area contributed by atoms with Gasteiger partial charge in [0.1, 0.15) is 0 Å². The average molecular weight is 225 g/mol. The largest absolute Gasteiger partial charge is 0.465 e. The van der Waals surface area contributed by atoms with E-state index in [1.807, 2.05) is 0 Å². The topological polar surface area (TPSA) is 95.7 Å². The molecule has 7 nitrogen and oxygen atoms in total. The van der Waals surface area contributed by atoms with E-state index < -0.39 is 12.2 Å². The van der Waals surface area contributed by atoms with Gasteiger partial charge in [-0.2, -0.15) is 9.78 Å². The molecule has 1 unspecified atom stereocenters. The van der Waals surface area contributed by atoms with Gasteiger partial charge in [-0.15, -0.1) is 0 Å². The van der Waals surface area contributed by atoms with Crippen molar-refractivity contribution in [1.82, 2.24) is 14.7 Å². The predicted molar refractivity (Wildman–Crippen MR) is 52.4 cm³/mol. The summed E-state index contributed by atoms with van der Waals surface area (Å²) in [5.41, 5.74) is 1.71. The van der Waals surface area contributed by atoms with Crippen LogP contribution >= 0.6 is 0 Å². The lowest BCUT2D eigenvalue weighted by molar-refractivity contribution is 0.131. The van der Waals surface area contributed by atoms with Gasteiger partial charge in [0, 0.05) is 5.56 Å². The molecule has 0 fully saturated rings. The number of aromatic nitrogens is 2. The number of carboxylic acid groups (broad SMARTS) is 2. The Labute approximate surface area is 90.9 Å². The highest BCUT2D eigenvalue weighted by Gasteiger charge is 2.36. The smallest absolute Gasteiger partial charge is 0.432 e. The van der Waals surface area contributed by atoms with Gasteiger partial charge in [-0.05, 0) is 13.8 Å². The fraction of sp³-hybridized carbons (Fsp3) is 0.444. The van der Waals surface area contributed by atoms with Crippen molar-refractivity contribution < 1.29 is 19.8 Å². The van der Waals surface area contributed by atoms with Crippen LogP contribution in [0, 0.1) is 6.92 Å². The van der Waals surface area contributed by atoms with Gasteiger partial charge in [-0.1, -0.05) is 0 Å². The predicted octanol–water partition coefficient (Wildman–Crippen LogP) is 1.27. The van der Waals surface area contributed by atoms with E-state index in [4.69, 9.17) is 10.2 Å². The van der Waals surface area contributed by atoms with Crippen LogP contribution in [-0.4, -0.2) is 37.1 Å². The lowest BCUT2D eigenvalue weighted by Gasteiger charge is -2.18. The average Bonchev–Trinajstić information content (AvgIpc) is 2.66. The highest BCUT2D eigenvalue weighted by Crippen LogP contribution is 2.35. The van der Waals surface area contributed by atoms with Crippen LogP contribution in [0.15, 0.2) is 0 Å². The Hall–Kier alpha value is -2.05. The van der Waals surface area contributed by atoms with Crippen molar-refractivity contribution in [2.75, 3.05) is 0 Å². The minimum atomic E-state index is -1.19. The van der Waals surface area contributed by atoms with Crippen molar-refractivity contribution in [3.63, 3.8) is 0 Å². The molecule has 0 saturated carbocycles. The Bertz CT molecular complexity index is 479. The Morgan fingerprint density at radius 1 is 1.38 bits per heavy atom. The summed E-state index contributed by atoms with van der Waals surface area (Å²) in [5, 5.41) is 21.7. The van der Waals surface area contributed by atoms with Gasteiger partial charge >= 0.3 is 12.2 Å². The number of aryl methyl sites for hydroxylation is 1. The van der Waals surface area contributed by atoms with Crippen LogP contribution in [0.3, 0.4) is 0 Å². The van der Waals surface area contributed by atoms with E-state index in [1.165, 1.54) is 4.90 Å². The van der Waals surface area contributed by atoms with Crippen LogP contribution in [0.4, 0.5) is 9.59 Å². The zero-order chi connectivity index (χ0) is 12.0. The number of nitrogens with zero attached hydrogens (tertiary/aromatic N) is 3. The monoisotopic (exact) mass is 225 g/mol. The van der Waals surface area contributed by atoms with Crippen LogP contribution in [0.25, 0.3) is 0 Å². The Morgan fingerprint density at radius 2 is 2.00 bits per heavy atom. The maximum Gasteiger partial charge on any atom is 0.432 e. The zero-order valence-corrected chi connectivity index (χ0v) is 8.84. The summed E-state index contributed by atoms with van der Waals surface area (Å²) in [6, 6.07) is -0.347. The first-order valence-corrected chi connectivity index (χ1v) is 4.74. The molecule has 0 aliphatic carbocycles. The molecule has 0 bridgehead atoms. The molecule has 0 aromatic carbocycles. The second-order valence-electron chi connectivity index (χ2n) is 3.73. The van der Waals surface area contributed by atoms with Gasteiger partial charge < -0.3 is 10.2 Å². The third-order valence-electron chi connectivity index (χ3n) is 2.84. The minimum Gasteiger partial charge on any atom is -0.465 e. The molecule has 1 aromatic heterocycles. The molecule has 0 spiro atoms. The Balaban J connectivity index is 2.51. The molecule has 2 rings (SSSR count). The molecule has 0 radical (unpaired) electrons. The van der Waals surface area contributed by atoms with Crippen LogP contribution in [-0.2, 0) is 6.54 Å². The second-order valence-corrected chi connectivity index (χ2v) is 3.73. The van der Waals surface area contributed by atoms with Crippen molar-refractivity contribution >= 4 is 12.2 Å². The highest BCUT2D eigenvalue weighted by atomic mass is 16.4. The standard InChI is InChI=1S/C9H11N3O4/c1-4-7-5(2)11(8(13)14)3-6(7)12(10-4)9(15)16/h5H,3H2,1-2H3,(H,13,14)(H,15,16). The normalized spacial score (nSPS) is 18.6. The molecule has 2 heterocycles. The molecule has 2 N–H and O–H groups in total. The van der Waals surface area contributed by atoms with Crippen LogP contribution in [0.2, 0.25) is 0 Å². The van der Waals surface area contributed by atoms with Gasteiger partial charge in [0.2, 0.25) is 0 Å². The van der Waals surface area contributed by atoms with Crippen molar-refractivity contribution in [1.29, 1.82) is 0 Å². The molecule has 86 valence electrons. The maximum atomic E-state index is 10.9. The quantitative estimate of drug-likeness (QED) is 0.693. The van der Waals surface area contributed by atoms with E-state index in [0.717, 1.165) is 4.68 Å². The van der Waals surface area contributed by atoms with E-state index in [9.17, 15) is 9.59 Å². The number of amides is 1. The lowest BCUT2D eigenvalue weighted by Crippen LogP contribution is -2.27. The highest BCUT2D eigenvalue weighted by molar-refractivity contribution is 5.71. The lowest BCUT2D eigenvalue weighted by atomic mass is 10.1. The molecule has 1 amide bonds. The van der Waals surface area contributed by atoms with Crippen LogP contribution < -0.4 is 0 Å². The van der Waals surface area contributed by atoms with Crippen molar-refractivity contribution in [2.24, 2.45) is 0 Å². The summed E-state index contributed by atoms with van der Waals surface area (Å²) in [4.78, 5) is 23.0. The van der Waals surface area contributed by atoms with Gasteiger partial charge in [0.25, 0.3) is 0 Å². The number of hydrogen-bond acceptors (Lipinski definition) is 3. The van der Waals surface area contributed by atoms with Crippen molar-refractivity contribution in [3.8, 4) is 0 Å². The van der Waals surface area contributed by atoms with E-state index in [2.05, 4.69) is 5.10 Å². The SMILES string of the molecule is Cc1nn(C(=O)O)c2c1C(C)N(C(=O)O)C2. The molecular formula is C9H11N3O4. The molecule has 0 saturated heterocycles. The van der Waals surface area contributed by atoms with Gasteiger partial charge in [0.05, 0.1) is 24.0 Å². The number of rotatable bonds is 0. The minimum absolute atomic E-state index is 0.0684. The third-order valence-corrected chi connectivity index (χ3v) is 2.84. The van der Waals surface area contributed by atoms with Gasteiger partial charge in [-0.3, -0.25) is 4.90 Å². The Morgan fingerprint density at radius 3 is 2.50 bits per heavy atom. The molecule has 1 aromatic rings. The number of fused-ring (bicyclic) bond motifs is 1. The van der Waals surface area contributed by atoms with Crippen molar-refractivity contribution in [3.05, 3.63) is 17.0 Å². The molecule has 16 heavy (non-hydrogen) atoms. The third kappa shape index (κ3) is 1.24. The first kappa shape index (κ1) is 10.5. The first-order chi connectivity index (χ1) is 7.43. The molecular weight excluding hydrogens is 214 g/mol. The summed E-state index contributed by atoms with van der Waals surface area (Å²) in [5.74, 6) is 0. The fourth-order valence-corrected chi connectivity index (χ4v) is 2.13. The number of hydrogen-bond donors (Lipinski definition) is 2. The summed E-state index contributed by atoms with van der Waals surface area (Å²) in [7, 11) is 0. The van der Waals surface area contributed by atoms with Crippen LogP contribution in [0.5, 0.6) is 0 Å². The van der Waals surface area contributed by atoms with E-state index >= 15 is 0 Å². The van der Waals surface area contributed by atoms with E-state index in [0.29, 0.717) is 17.0 Å². The summed E-state index contributed by atoms with van der Waals surface area (Å²) in [6.07, 6.45) is -2.25. The first-order valence-electron chi connectivity index (χ1n) is 4.74. The Kier molecular flexibility index (Phi) is 2.11. The second kappa shape index (κ2) is 3.22. The van der Waals surface area contributed by atoms with Gasteiger partial charge in [-0.25, -0.2) is 9.59 Å². The van der Waals surface area contributed by atoms with Gasteiger partial charge in [0.15, 0.2) is 0 Å². The fourth-order valence-electron chi connectivity index (χ4n) is 2.13. The summed E-state index contributed by atoms with van der Waals surface area (Å²) >= 11 is 0. The van der Waals surface area contributed by atoms with Crippen LogP contribution in [0.1, 0.15) is 29.9 Å². The zero-order valence-electron chi connectivity index (χ0n) is 8.84. The summed E-state index contributed by atoms with van der Waals surface area (Å²) < 4.78 is 0.851.